The first-order valence-electron chi connectivity index (χ1n) is 10.7. The zero-order valence-corrected chi connectivity index (χ0v) is 21.5. The number of carbonyl (C=O) groups excluding carboxylic acids is 1. The van der Waals surface area contributed by atoms with Gasteiger partial charge in [-0.2, -0.15) is 0 Å². The number of benzene rings is 2. The molecule has 32 heavy (non-hydrogen) atoms. The number of carbonyl (C=O) groups is 1. The van der Waals surface area contributed by atoms with Crippen molar-refractivity contribution in [2.24, 2.45) is 4.99 Å². The van der Waals surface area contributed by atoms with Crippen molar-refractivity contribution in [2.75, 3.05) is 53.9 Å². The number of ether oxygens (including phenoxy) is 1. The molecule has 1 N–H and O–H groups in total. The molecule has 8 heteroatoms. The highest BCUT2D eigenvalue weighted by molar-refractivity contribution is 14.0. The zero-order chi connectivity index (χ0) is 22.1. The lowest BCUT2D eigenvalue weighted by molar-refractivity contribution is -0.127. The van der Waals surface area contributed by atoms with Crippen LogP contribution in [0.3, 0.4) is 0 Å². The van der Waals surface area contributed by atoms with Crippen LogP contribution >= 0.6 is 24.0 Å². The number of likely N-dealkylation sites (N-methyl/N-ethyl adjacent to an activating group) is 1. The number of halogens is 1. The predicted molar refractivity (Wildman–Crippen MR) is 140 cm³/mol. The van der Waals surface area contributed by atoms with Crippen molar-refractivity contribution < 1.29 is 9.53 Å². The average molecular weight is 551 g/mol. The molecule has 3 rings (SSSR count). The summed E-state index contributed by atoms with van der Waals surface area (Å²) >= 11 is 0. The van der Waals surface area contributed by atoms with Gasteiger partial charge in [-0.1, -0.05) is 42.5 Å². The first kappa shape index (κ1) is 25.9. The Kier molecular flexibility index (Phi) is 10.8. The second-order valence-corrected chi connectivity index (χ2v) is 7.88. The monoisotopic (exact) mass is 551 g/mol. The van der Waals surface area contributed by atoms with Crippen molar-refractivity contribution in [3.8, 4) is 5.75 Å². The van der Waals surface area contributed by atoms with Crippen molar-refractivity contribution in [3.63, 3.8) is 0 Å². The SMILES string of the molecule is COc1ccc(CN=C(NCC(=O)N(C)C)N2CCN(Cc3ccccc3)CC2)cc1.I. The van der Waals surface area contributed by atoms with Gasteiger partial charge in [0.15, 0.2) is 5.96 Å². The number of amides is 1. The Hall–Kier alpha value is -2.33. The van der Waals surface area contributed by atoms with Crippen LogP contribution in [-0.2, 0) is 17.9 Å². The summed E-state index contributed by atoms with van der Waals surface area (Å²) in [5.74, 6) is 1.64. The summed E-state index contributed by atoms with van der Waals surface area (Å²) in [5, 5.41) is 3.27. The molecule has 2 aromatic rings. The molecule has 1 fully saturated rings. The van der Waals surface area contributed by atoms with Gasteiger partial charge in [0.1, 0.15) is 5.75 Å². The number of nitrogens with zero attached hydrogens (tertiary/aromatic N) is 4. The third-order valence-corrected chi connectivity index (χ3v) is 5.39. The summed E-state index contributed by atoms with van der Waals surface area (Å²) < 4.78 is 5.23. The van der Waals surface area contributed by atoms with Gasteiger partial charge in [0.05, 0.1) is 20.2 Å². The van der Waals surface area contributed by atoms with Gasteiger partial charge >= 0.3 is 0 Å². The van der Waals surface area contributed by atoms with Gasteiger partial charge in [-0.3, -0.25) is 9.69 Å². The highest BCUT2D eigenvalue weighted by Gasteiger charge is 2.20. The number of piperazine rings is 1. The number of guanidine groups is 1. The fourth-order valence-corrected chi connectivity index (χ4v) is 3.44. The summed E-state index contributed by atoms with van der Waals surface area (Å²) in [6, 6.07) is 18.5. The van der Waals surface area contributed by atoms with Gasteiger partial charge in [0, 0.05) is 46.8 Å². The highest BCUT2D eigenvalue weighted by atomic mass is 127. The number of hydrogen-bond acceptors (Lipinski definition) is 4. The molecular weight excluding hydrogens is 517 g/mol. The minimum absolute atomic E-state index is 0. The minimum Gasteiger partial charge on any atom is -0.497 e. The fraction of sp³-hybridized carbons (Fsp3) is 0.417. The number of nitrogens with one attached hydrogen (secondary N) is 1. The zero-order valence-electron chi connectivity index (χ0n) is 19.2. The van der Waals surface area contributed by atoms with Gasteiger partial charge in [0.25, 0.3) is 0 Å². The molecule has 0 bridgehead atoms. The predicted octanol–water partition coefficient (Wildman–Crippen LogP) is 2.66. The Balaban J connectivity index is 0.00000363. The van der Waals surface area contributed by atoms with Crippen LogP contribution in [-0.4, -0.2) is 80.5 Å². The second kappa shape index (κ2) is 13.3. The fourth-order valence-electron chi connectivity index (χ4n) is 3.44. The van der Waals surface area contributed by atoms with Crippen molar-refractivity contribution in [1.29, 1.82) is 0 Å². The van der Waals surface area contributed by atoms with Gasteiger partial charge in [-0.25, -0.2) is 4.99 Å². The molecule has 1 amide bonds. The molecule has 1 aliphatic heterocycles. The van der Waals surface area contributed by atoms with Crippen molar-refractivity contribution >= 4 is 35.8 Å². The lowest BCUT2D eigenvalue weighted by Gasteiger charge is -2.36. The van der Waals surface area contributed by atoms with Crippen molar-refractivity contribution in [3.05, 3.63) is 65.7 Å². The maximum Gasteiger partial charge on any atom is 0.241 e. The molecule has 0 saturated carbocycles. The first-order chi connectivity index (χ1) is 15.0. The molecule has 0 radical (unpaired) electrons. The lowest BCUT2D eigenvalue weighted by Crippen LogP contribution is -2.53. The van der Waals surface area contributed by atoms with E-state index in [4.69, 9.17) is 9.73 Å². The maximum absolute atomic E-state index is 12.1. The van der Waals surface area contributed by atoms with Crippen LogP contribution in [0.4, 0.5) is 0 Å². The third kappa shape index (κ3) is 7.98. The summed E-state index contributed by atoms with van der Waals surface area (Å²) in [7, 11) is 5.19. The van der Waals surface area contributed by atoms with E-state index >= 15 is 0 Å². The summed E-state index contributed by atoms with van der Waals surface area (Å²) in [6.07, 6.45) is 0. The Bertz CT molecular complexity index is 850. The molecule has 7 nitrogen and oxygen atoms in total. The molecule has 174 valence electrons. The second-order valence-electron chi connectivity index (χ2n) is 7.88. The molecule has 0 aromatic heterocycles. The molecule has 2 aromatic carbocycles. The highest BCUT2D eigenvalue weighted by Crippen LogP contribution is 2.13. The summed E-state index contributed by atoms with van der Waals surface area (Å²) in [4.78, 5) is 23.2. The summed E-state index contributed by atoms with van der Waals surface area (Å²) in [6.45, 7) is 5.40. The number of methoxy groups -OCH3 is 1. The Morgan fingerprint density at radius 2 is 1.66 bits per heavy atom. The van der Waals surface area contributed by atoms with E-state index in [2.05, 4.69) is 39.4 Å². The Morgan fingerprint density at radius 1 is 1.00 bits per heavy atom. The normalized spacial score (nSPS) is 14.5. The third-order valence-electron chi connectivity index (χ3n) is 5.39. The van der Waals surface area contributed by atoms with Crippen LogP contribution in [0.5, 0.6) is 5.75 Å². The average Bonchev–Trinajstić information content (AvgIpc) is 2.80. The van der Waals surface area contributed by atoms with Crippen LogP contribution in [0.25, 0.3) is 0 Å². The molecule has 0 atom stereocenters. The minimum atomic E-state index is 0. The standard InChI is InChI=1S/C24H33N5O2.HI/c1-27(2)23(30)18-26-24(25-17-20-9-11-22(31-3)12-10-20)29-15-13-28(14-16-29)19-21-7-5-4-6-8-21;/h4-12H,13-19H2,1-3H3,(H,25,26);1H. The number of hydrogen-bond donors (Lipinski definition) is 1. The van der Waals surface area contributed by atoms with E-state index in [0.29, 0.717) is 6.54 Å². The van der Waals surface area contributed by atoms with Crippen LogP contribution in [0.1, 0.15) is 11.1 Å². The van der Waals surface area contributed by atoms with E-state index in [-0.39, 0.29) is 36.4 Å². The van der Waals surface area contributed by atoms with E-state index in [1.54, 1.807) is 26.1 Å². The van der Waals surface area contributed by atoms with Crippen LogP contribution in [0.2, 0.25) is 0 Å². The Labute approximate surface area is 208 Å². The van der Waals surface area contributed by atoms with Crippen molar-refractivity contribution in [1.82, 2.24) is 20.0 Å². The molecule has 0 unspecified atom stereocenters. The van der Waals surface area contributed by atoms with Crippen molar-refractivity contribution in [2.45, 2.75) is 13.1 Å². The van der Waals surface area contributed by atoms with Crippen LogP contribution in [0.15, 0.2) is 59.6 Å². The molecule has 0 aliphatic carbocycles. The summed E-state index contributed by atoms with van der Waals surface area (Å²) in [5.41, 5.74) is 2.43. The van der Waals surface area contributed by atoms with E-state index in [1.807, 2.05) is 30.3 Å². The van der Waals surface area contributed by atoms with E-state index in [9.17, 15) is 4.79 Å². The molecular formula is C24H34IN5O2. The first-order valence-corrected chi connectivity index (χ1v) is 10.7. The Morgan fingerprint density at radius 3 is 2.25 bits per heavy atom. The lowest BCUT2D eigenvalue weighted by atomic mass is 10.2. The largest absolute Gasteiger partial charge is 0.497 e. The van der Waals surface area contributed by atoms with Crippen LogP contribution < -0.4 is 10.1 Å². The molecule has 1 saturated heterocycles. The van der Waals surface area contributed by atoms with Crippen LogP contribution in [0, 0.1) is 0 Å². The maximum atomic E-state index is 12.1. The molecule has 1 heterocycles. The smallest absolute Gasteiger partial charge is 0.241 e. The number of rotatable bonds is 7. The van der Waals surface area contributed by atoms with Gasteiger partial charge in [0.2, 0.25) is 5.91 Å². The number of aliphatic imine (C=N–C) groups is 1. The molecule has 1 aliphatic rings. The van der Waals surface area contributed by atoms with E-state index < -0.39 is 0 Å². The topological polar surface area (TPSA) is 60.4 Å². The quantitative estimate of drug-likeness (QED) is 0.326. The van der Waals surface area contributed by atoms with Gasteiger partial charge < -0.3 is 19.9 Å². The van der Waals surface area contributed by atoms with E-state index in [1.165, 1.54) is 5.56 Å². The van der Waals surface area contributed by atoms with Gasteiger partial charge in [-0.05, 0) is 23.3 Å². The van der Waals surface area contributed by atoms with E-state index in [0.717, 1.165) is 50.0 Å². The molecule has 0 spiro atoms. The van der Waals surface area contributed by atoms with Gasteiger partial charge in [-0.15, -0.1) is 24.0 Å².